The van der Waals surface area contributed by atoms with Crippen molar-refractivity contribution in [3.8, 4) is 33.4 Å². The van der Waals surface area contributed by atoms with E-state index >= 15 is 0 Å². The first-order valence-electron chi connectivity index (χ1n) is 11.7. The molecule has 0 aliphatic heterocycles. The lowest BCUT2D eigenvalue weighted by atomic mass is 9.85. The monoisotopic (exact) mass is 432 g/mol. The Morgan fingerprint density at radius 2 is 0.853 bits per heavy atom. The van der Waals surface area contributed by atoms with Crippen LogP contribution in [0.4, 0.5) is 0 Å². The summed E-state index contributed by atoms with van der Waals surface area (Å²) >= 11 is 0. The molecule has 0 atom stereocenters. The number of hydrogen-bond donors (Lipinski definition) is 0. The first-order chi connectivity index (χ1) is 16.8. The fourth-order valence-electron chi connectivity index (χ4n) is 5.00. The van der Waals surface area contributed by atoms with Crippen LogP contribution in [0.1, 0.15) is 5.56 Å². The van der Waals surface area contributed by atoms with Crippen molar-refractivity contribution in [1.29, 1.82) is 0 Å². The lowest BCUT2D eigenvalue weighted by Gasteiger charge is -2.19. The fraction of sp³-hybridized carbons (Fsp3) is 0. The van der Waals surface area contributed by atoms with Crippen molar-refractivity contribution in [2.75, 3.05) is 0 Å². The molecule has 0 spiro atoms. The van der Waals surface area contributed by atoms with Crippen LogP contribution in [-0.4, -0.2) is 0 Å². The van der Waals surface area contributed by atoms with Gasteiger partial charge in [0.2, 0.25) is 0 Å². The van der Waals surface area contributed by atoms with Crippen molar-refractivity contribution in [1.82, 2.24) is 0 Å². The van der Waals surface area contributed by atoms with Gasteiger partial charge in [0.1, 0.15) is 0 Å². The maximum absolute atomic E-state index is 3.92. The van der Waals surface area contributed by atoms with Crippen molar-refractivity contribution in [2.45, 2.75) is 0 Å². The third-order valence-electron chi connectivity index (χ3n) is 6.63. The molecule has 160 valence electrons. The van der Waals surface area contributed by atoms with E-state index in [1.165, 1.54) is 54.9 Å². The lowest BCUT2D eigenvalue weighted by molar-refractivity contribution is 1.62. The number of rotatable bonds is 4. The zero-order valence-electron chi connectivity index (χ0n) is 18.9. The molecule has 6 rings (SSSR count). The summed E-state index contributed by atoms with van der Waals surface area (Å²) in [5.41, 5.74) is 8.61. The smallest absolute Gasteiger partial charge is 0.00262 e. The van der Waals surface area contributed by atoms with E-state index in [1.54, 1.807) is 0 Å². The van der Waals surface area contributed by atoms with Crippen LogP contribution in [0.25, 0.3) is 61.0 Å². The van der Waals surface area contributed by atoms with Crippen LogP contribution in [0.2, 0.25) is 0 Å². The van der Waals surface area contributed by atoms with Gasteiger partial charge in [0.25, 0.3) is 0 Å². The van der Waals surface area contributed by atoms with E-state index in [-0.39, 0.29) is 0 Å². The Morgan fingerprint density at radius 3 is 1.47 bits per heavy atom. The summed E-state index contributed by atoms with van der Waals surface area (Å²) in [5.74, 6) is 0. The lowest BCUT2D eigenvalue weighted by Crippen LogP contribution is -1.91. The van der Waals surface area contributed by atoms with Crippen molar-refractivity contribution in [3.63, 3.8) is 0 Å². The molecule has 0 heteroatoms. The normalized spacial score (nSPS) is 11.1. The second kappa shape index (κ2) is 8.50. The van der Waals surface area contributed by atoms with Crippen molar-refractivity contribution >= 4 is 27.6 Å². The Labute approximate surface area is 200 Å². The van der Waals surface area contributed by atoms with Gasteiger partial charge in [0.15, 0.2) is 0 Å². The van der Waals surface area contributed by atoms with Crippen molar-refractivity contribution < 1.29 is 0 Å². The standard InChI is InChI=1S/C34H24/c1-2-24-17-19-27(20-18-24)33-29-15-9-10-16-30(29)34(26-13-7-4-8-14-26)32-23-28(21-22-31(32)33)25-11-5-3-6-12-25/h2-23H,1H2. The van der Waals surface area contributed by atoms with Gasteiger partial charge in [-0.15, -0.1) is 0 Å². The van der Waals surface area contributed by atoms with Crippen LogP contribution >= 0.6 is 0 Å². The van der Waals surface area contributed by atoms with Gasteiger partial charge in [-0.05, 0) is 66.6 Å². The Hall–Kier alpha value is -4.42. The van der Waals surface area contributed by atoms with Crippen LogP contribution in [0.5, 0.6) is 0 Å². The van der Waals surface area contributed by atoms with Gasteiger partial charge in [-0.1, -0.05) is 134 Å². The molecule has 0 aliphatic rings. The summed E-state index contributed by atoms with van der Waals surface area (Å²) in [4.78, 5) is 0. The quantitative estimate of drug-likeness (QED) is 0.243. The number of hydrogen-bond acceptors (Lipinski definition) is 0. The molecular formula is C34H24. The molecule has 0 radical (unpaired) electrons. The summed E-state index contributed by atoms with van der Waals surface area (Å²) < 4.78 is 0. The minimum absolute atomic E-state index is 1.13. The number of fused-ring (bicyclic) bond motifs is 2. The minimum Gasteiger partial charge on any atom is -0.0985 e. The third-order valence-corrected chi connectivity index (χ3v) is 6.63. The highest BCUT2D eigenvalue weighted by molar-refractivity contribution is 6.21. The summed E-state index contributed by atoms with van der Waals surface area (Å²) in [6.07, 6.45) is 1.89. The second-order valence-corrected chi connectivity index (χ2v) is 8.61. The molecule has 0 saturated heterocycles. The maximum Gasteiger partial charge on any atom is -0.00262 e. The van der Waals surface area contributed by atoms with Gasteiger partial charge in [-0.3, -0.25) is 0 Å². The molecular weight excluding hydrogens is 408 g/mol. The summed E-state index contributed by atoms with van der Waals surface area (Å²) in [6.45, 7) is 3.92. The molecule has 0 amide bonds. The highest BCUT2D eigenvalue weighted by atomic mass is 14.2. The van der Waals surface area contributed by atoms with Crippen LogP contribution in [0.15, 0.2) is 134 Å². The summed E-state index contributed by atoms with van der Waals surface area (Å²) in [5, 5.41) is 5.08. The highest BCUT2D eigenvalue weighted by Gasteiger charge is 2.17. The predicted octanol–water partition coefficient (Wildman–Crippen LogP) is 9.64. The first kappa shape index (κ1) is 20.2. The second-order valence-electron chi connectivity index (χ2n) is 8.61. The topological polar surface area (TPSA) is 0 Å². The van der Waals surface area contributed by atoms with Gasteiger partial charge in [0.05, 0.1) is 0 Å². The molecule has 0 N–H and O–H groups in total. The Morgan fingerprint density at radius 1 is 0.382 bits per heavy atom. The van der Waals surface area contributed by atoms with Crippen molar-refractivity contribution in [2.24, 2.45) is 0 Å². The van der Waals surface area contributed by atoms with E-state index in [2.05, 4.69) is 134 Å². The van der Waals surface area contributed by atoms with Crippen LogP contribution < -0.4 is 0 Å². The molecule has 6 aromatic carbocycles. The molecule has 0 unspecified atom stereocenters. The van der Waals surface area contributed by atoms with Crippen LogP contribution in [0, 0.1) is 0 Å². The van der Waals surface area contributed by atoms with Gasteiger partial charge < -0.3 is 0 Å². The van der Waals surface area contributed by atoms with E-state index < -0.39 is 0 Å². The van der Waals surface area contributed by atoms with Gasteiger partial charge >= 0.3 is 0 Å². The molecule has 34 heavy (non-hydrogen) atoms. The van der Waals surface area contributed by atoms with E-state index in [1.807, 2.05) is 6.08 Å². The predicted molar refractivity (Wildman–Crippen MR) is 148 cm³/mol. The van der Waals surface area contributed by atoms with E-state index in [0.717, 1.165) is 5.56 Å². The zero-order chi connectivity index (χ0) is 22.9. The number of benzene rings is 6. The summed E-state index contributed by atoms with van der Waals surface area (Å²) in [7, 11) is 0. The highest BCUT2D eigenvalue weighted by Crippen LogP contribution is 2.44. The average molecular weight is 433 g/mol. The van der Waals surface area contributed by atoms with E-state index in [4.69, 9.17) is 0 Å². The minimum atomic E-state index is 1.13. The molecule has 0 aromatic heterocycles. The van der Waals surface area contributed by atoms with Crippen LogP contribution in [0.3, 0.4) is 0 Å². The Kier molecular flexibility index (Phi) is 5.05. The Bertz CT molecular complexity index is 1620. The van der Waals surface area contributed by atoms with Crippen LogP contribution in [-0.2, 0) is 0 Å². The fourth-order valence-corrected chi connectivity index (χ4v) is 5.00. The first-order valence-corrected chi connectivity index (χ1v) is 11.7. The molecule has 0 fully saturated rings. The summed E-state index contributed by atoms with van der Waals surface area (Å²) in [6, 6.07) is 45.8. The maximum atomic E-state index is 3.92. The third kappa shape index (κ3) is 3.41. The zero-order valence-corrected chi connectivity index (χ0v) is 18.9. The van der Waals surface area contributed by atoms with Crippen molar-refractivity contribution in [3.05, 3.63) is 140 Å². The molecule has 0 bridgehead atoms. The van der Waals surface area contributed by atoms with Gasteiger partial charge in [-0.25, -0.2) is 0 Å². The molecule has 0 heterocycles. The largest absolute Gasteiger partial charge is 0.0985 e. The average Bonchev–Trinajstić information content (AvgIpc) is 2.92. The SMILES string of the molecule is C=Cc1ccc(-c2c3ccccc3c(-c3ccccc3)c3cc(-c4ccccc4)ccc23)cc1. The van der Waals surface area contributed by atoms with Gasteiger partial charge in [-0.2, -0.15) is 0 Å². The molecule has 0 saturated carbocycles. The molecule has 0 aliphatic carbocycles. The molecule has 6 aromatic rings. The Balaban J connectivity index is 1.76. The molecule has 0 nitrogen and oxygen atoms in total. The van der Waals surface area contributed by atoms with E-state index in [0.29, 0.717) is 0 Å². The van der Waals surface area contributed by atoms with Gasteiger partial charge in [0, 0.05) is 0 Å². The van der Waals surface area contributed by atoms with E-state index in [9.17, 15) is 0 Å².